The Balaban J connectivity index is 1.31. The minimum atomic E-state index is -0.766. The zero-order valence-corrected chi connectivity index (χ0v) is 18.8. The van der Waals surface area contributed by atoms with Gasteiger partial charge >= 0.3 is 5.97 Å². The van der Waals surface area contributed by atoms with Gasteiger partial charge in [0.1, 0.15) is 6.04 Å². The molecule has 1 atom stereocenters. The number of amides is 2. The van der Waals surface area contributed by atoms with Crippen molar-refractivity contribution in [2.45, 2.75) is 71.4 Å². The van der Waals surface area contributed by atoms with Gasteiger partial charge in [-0.05, 0) is 89.2 Å². The van der Waals surface area contributed by atoms with Gasteiger partial charge in [-0.15, -0.1) is 0 Å². The van der Waals surface area contributed by atoms with Crippen LogP contribution in [0.2, 0.25) is 0 Å². The molecule has 6 nitrogen and oxygen atoms in total. The third kappa shape index (κ3) is 4.48. The quantitative estimate of drug-likeness (QED) is 0.675. The highest BCUT2D eigenvalue weighted by Gasteiger charge is 2.54. The molecule has 31 heavy (non-hydrogen) atoms. The summed E-state index contributed by atoms with van der Waals surface area (Å²) in [6.45, 7) is 5.13. The second-order valence-electron chi connectivity index (χ2n) is 10.2. The molecule has 0 aromatic heterocycles. The zero-order valence-electron chi connectivity index (χ0n) is 18.8. The average molecular weight is 427 g/mol. The van der Waals surface area contributed by atoms with Crippen LogP contribution in [0.4, 0.5) is 5.69 Å². The van der Waals surface area contributed by atoms with Crippen LogP contribution in [0.1, 0.15) is 59.3 Å². The molecular weight excluding hydrogens is 392 g/mol. The topological polar surface area (TPSA) is 75.7 Å². The van der Waals surface area contributed by atoms with Crippen molar-refractivity contribution in [3.8, 4) is 0 Å². The molecule has 5 rings (SSSR count). The molecule has 0 unspecified atom stereocenters. The molecule has 0 aliphatic heterocycles. The maximum absolute atomic E-state index is 13.1. The largest absolute Gasteiger partial charge is 0.454 e. The summed E-state index contributed by atoms with van der Waals surface area (Å²) in [5.41, 5.74) is 0.461. The molecule has 0 radical (unpaired) electrons. The fourth-order valence-electron chi connectivity index (χ4n) is 6.44. The predicted octanol–water partition coefficient (Wildman–Crippen LogP) is 3.69. The van der Waals surface area contributed by atoms with Crippen molar-refractivity contribution in [2.24, 2.45) is 23.2 Å². The second-order valence-corrected chi connectivity index (χ2v) is 10.2. The molecule has 0 spiro atoms. The van der Waals surface area contributed by atoms with Crippen LogP contribution in [0, 0.1) is 23.2 Å². The number of hydrogen-bond acceptors (Lipinski definition) is 4. The van der Waals surface area contributed by atoms with E-state index >= 15 is 0 Å². The van der Waals surface area contributed by atoms with Crippen LogP contribution in [0.3, 0.4) is 0 Å². The van der Waals surface area contributed by atoms with Crippen LogP contribution in [-0.2, 0) is 19.1 Å². The standard InChI is InChI=1S/C25H34N2O4/c1-16(2)27(21-7-5-4-6-8-21)22(28)15-31-23(29)17(3)26-24(30)25-12-18-9-19(13-25)11-20(10-18)14-25/h4-8,16-20H,9-15H2,1-3H3,(H,26,30)/t17-,18?,19?,20?,25?/m0/s1. The number of anilines is 1. The monoisotopic (exact) mass is 426 g/mol. The van der Waals surface area contributed by atoms with Crippen LogP contribution >= 0.6 is 0 Å². The van der Waals surface area contributed by atoms with E-state index in [0.717, 1.165) is 24.9 Å². The molecule has 1 N–H and O–H groups in total. The van der Waals surface area contributed by atoms with Gasteiger partial charge in [0.05, 0.1) is 0 Å². The second kappa shape index (κ2) is 8.64. The van der Waals surface area contributed by atoms with Crippen LogP contribution in [0.25, 0.3) is 0 Å². The number of para-hydroxylation sites is 1. The molecule has 1 aromatic rings. The third-order valence-electron chi connectivity index (χ3n) is 7.38. The molecule has 168 valence electrons. The SMILES string of the molecule is CC(C)N(C(=O)COC(=O)[C@H](C)NC(=O)C12CC3CC(CC(C3)C1)C2)c1ccccc1. The molecule has 4 aliphatic carbocycles. The van der Waals surface area contributed by atoms with Crippen molar-refractivity contribution in [1.29, 1.82) is 0 Å². The van der Waals surface area contributed by atoms with Crippen LogP contribution < -0.4 is 10.2 Å². The van der Waals surface area contributed by atoms with Crippen molar-refractivity contribution >= 4 is 23.5 Å². The number of carbonyl (C=O) groups is 3. The summed E-state index contributed by atoms with van der Waals surface area (Å²) >= 11 is 0. The van der Waals surface area contributed by atoms with Crippen LogP contribution in [-0.4, -0.2) is 36.5 Å². The van der Waals surface area contributed by atoms with E-state index in [4.69, 9.17) is 4.74 Å². The van der Waals surface area contributed by atoms with Gasteiger partial charge in [0.15, 0.2) is 6.61 Å². The maximum atomic E-state index is 13.1. The van der Waals surface area contributed by atoms with Gasteiger partial charge < -0.3 is 15.0 Å². The Morgan fingerprint density at radius 2 is 1.55 bits per heavy atom. The summed E-state index contributed by atoms with van der Waals surface area (Å²) in [4.78, 5) is 40.0. The smallest absolute Gasteiger partial charge is 0.328 e. The maximum Gasteiger partial charge on any atom is 0.328 e. The Morgan fingerprint density at radius 3 is 2.06 bits per heavy atom. The molecule has 4 bridgehead atoms. The van der Waals surface area contributed by atoms with Gasteiger partial charge in [-0.3, -0.25) is 9.59 Å². The lowest BCUT2D eigenvalue weighted by atomic mass is 9.49. The number of esters is 1. The molecule has 2 amide bonds. The van der Waals surface area contributed by atoms with Gasteiger partial charge in [-0.2, -0.15) is 0 Å². The Hall–Kier alpha value is -2.37. The van der Waals surface area contributed by atoms with Crippen molar-refractivity contribution in [2.75, 3.05) is 11.5 Å². The van der Waals surface area contributed by atoms with E-state index in [-0.39, 0.29) is 29.9 Å². The first-order chi connectivity index (χ1) is 14.8. The highest BCUT2D eigenvalue weighted by molar-refractivity contribution is 5.96. The first kappa shape index (κ1) is 21.8. The van der Waals surface area contributed by atoms with E-state index in [2.05, 4.69) is 5.32 Å². The normalized spacial score (nSPS) is 29.5. The number of benzene rings is 1. The van der Waals surface area contributed by atoms with E-state index < -0.39 is 12.0 Å². The van der Waals surface area contributed by atoms with Gasteiger partial charge in [-0.1, -0.05) is 18.2 Å². The molecular formula is C25H34N2O4. The van der Waals surface area contributed by atoms with E-state index in [1.165, 1.54) is 19.3 Å². The number of nitrogens with zero attached hydrogens (tertiary/aromatic N) is 1. The van der Waals surface area contributed by atoms with Gasteiger partial charge in [0.25, 0.3) is 5.91 Å². The number of carbonyl (C=O) groups excluding carboxylic acids is 3. The fourth-order valence-corrected chi connectivity index (χ4v) is 6.44. The highest BCUT2D eigenvalue weighted by Crippen LogP contribution is 2.60. The van der Waals surface area contributed by atoms with Gasteiger partial charge in [0, 0.05) is 17.1 Å². The Bertz CT molecular complexity index is 800. The molecule has 4 fully saturated rings. The minimum absolute atomic E-state index is 0.00420. The molecule has 0 saturated heterocycles. The average Bonchev–Trinajstić information content (AvgIpc) is 2.71. The minimum Gasteiger partial charge on any atom is -0.454 e. The van der Waals surface area contributed by atoms with Gasteiger partial charge in [0.2, 0.25) is 5.91 Å². The summed E-state index contributed by atoms with van der Waals surface area (Å²) in [6, 6.07) is 8.50. The first-order valence-electron chi connectivity index (χ1n) is 11.6. The summed E-state index contributed by atoms with van der Waals surface area (Å²) in [5, 5.41) is 2.91. The van der Waals surface area contributed by atoms with Crippen molar-refractivity contribution in [3.63, 3.8) is 0 Å². The third-order valence-corrected chi connectivity index (χ3v) is 7.38. The Kier molecular flexibility index (Phi) is 6.09. The van der Waals surface area contributed by atoms with Crippen molar-refractivity contribution < 1.29 is 19.1 Å². The van der Waals surface area contributed by atoms with Crippen LogP contribution in [0.5, 0.6) is 0 Å². The summed E-state index contributed by atoms with van der Waals surface area (Å²) in [5.74, 6) is 1.14. The van der Waals surface area contributed by atoms with Crippen molar-refractivity contribution in [1.82, 2.24) is 5.32 Å². The van der Waals surface area contributed by atoms with E-state index in [1.54, 1.807) is 11.8 Å². The highest BCUT2D eigenvalue weighted by atomic mass is 16.5. The molecule has 4 aliphatic rings. The predicted molar refractivity (Wildman–Crippen MR) is 118 cm³/mol. The number of rotatable bonds is 7. The summed E-state index contributed by atoms with van der Waals surface area (Å²) in [7, 11) is 0. The number of ether oxygens (including phenoxy) is 1. The fraction of sp³-hybridized carbons (Fsp3) is 0.640. The molecule has 6 heteroatoms. The first-order valence-corrected chi connectivity index (χ1v) is 11.6. The summed E-state index contributed by atoms with van der Waals surface area (Å²) < 4.78 is 5.29. The van der Waals surface area contributed by atoms with E-state index in [9.17, 15) is 14.4 Å². The number of hydrogen-bond donors (Lipinski definition) is 1. The Labute approximate surface area is 184 Å². The van der Waals surface area contributed by atoms with Crippen LogP contribution in [0.15, 0.2) is 30.3 Å². The van der Waals surface area contributed by atoms with E-state index in [0.29, 0.717) is 17.8 Å². The molecule has 4 saturated carbocycles. The van der Waals surface area contributed by atoms with E-state index in [1.807, 2.05) is 44.2 Å². The van der Waals surface area contributed by atoms with Crippen molar-refractivity contribution in [3.05, 3.63) is 30.3 Å². The van der Waals surface area contributed by atoms with Gasteiger partial charge in [-0.25, -0.2) is 4.79 Å². The lowest BCUT2D eigenvalue weighted by Crippen LogP contribution is -2.56. The summed E-state index contributed by atoms with van der Waals surface area (Å²) in [6.07, 6.45) is 6.64. The zero-order chi connectivity index (χ0) is 22.2. The molecule has 1 aromatic carbocycles. The lowest BCUT2D eigenvalue weighted by Gasteiger charge is -2.55. The lowest BCUT2D eigenvalue weighted by molar-refractivity contribution is -0.155. The number of nitrogens with one attached hydrogen (secondary N) is 1. The molecule has 0 heterocycles. The Morgan fingerprint density at radius 1 is 1.00 bits per heavy atom.